The fraction of sp³-hybridized carbons (Fsp3) is 0.348. The van der Waals surface area contributed by atoms with Crippen LogP contribution in [0.3, 0.4) is 0 Å². The Labute approximate surface area is 174 Å². The Morgan fingerprint density at radius 3 is 2.86 bits per heavy atom. The smallest absolute Gasteiger partial charge is 0.338 e. The lowest BCUT2D eigenvalue weighted by atomic mass is 9.99. The van der Waals surface area contributed by atoms with Gasteiger partial charge in [-0.2, -0.15) is 0 Å². The molecular formula is C23H24N2O3S. The molecule has 0 radical (unpaired) electrons. The molecule has 1 aliphatic heterocycles. The lowest BCUT2D eigenvalue weighted by molar-refractivity contribution is -0.135. The van der Waals surface area contributed by atoms with Crippen LogP contribution in [0.5, 0.6) is 0 Å². The Hall–Kier alpha value is -2.73. The van der Waals surface area contributed by atoms with E-state index in [0.717, 1.165) is 34.5 Å². The van der Waals surface area contributed by atoms with E-state index in [0.29, 0.717) is 18.7 Å². The van der Waals surface area contributed by atoms with E-state index in [4.69, 9.17) is 9.72 Å². The summed E-state index contributed by atoms with van der Waals surface area (Å²) < 4.78 is 6.50. The highest BCUT2D eigenvalue weighted by atomic mass is 32.1. The minimum atomic E-state index is -0.445. The summed E-state index contributed by atoms with van der Waals surface area (Å²) in [4.78, 5) is 31.6. The van der Waals surface area contributed by atoms with E-state index in [1.54, 1.807) is 22.3 Å². The highest BCUT2D eigenvalue weighted by molar-refractivity contribution is 7.18. The van der Waals surface area contributed by atoms with Crippen molar-refractivity contribution >= 4 is 33.4 Å². The molecule has 1 aliphatic rings. The maximum Gasteiger partial charge on any atom is 0.338 e. The first-order valence-electron chi connectivity index (χ1n) is 9.89. The van der Waals surface area contributed by atoms with Gasteiger partial charge in [-0.15, -0.1) is 11.3 Å². The van der Waals surface area contributed by atoms with E-state index in [9.17, 15) is 9.59 Å². The number of hydrogen-bond donors (Lipinski definition) is 0. The predicted octanol–water partition coefficient (Wildman–Crippen LogP) is 4.48. The third kappa shape index (κ3) is 4.32. The van der Waals surface area contributed by atoms with Gasteiger partial charge in [0.25, 0.3) is 5.91 Å². The van der Waals surface area contributed by atoms with Gasteiger partial charge in [-0.3, -0.25) is 4.79 Å². The zero-order chi connectivity index (χ0) is 20.4. The largest absolute Gasteiger partial charge is 0.452 e. The van der Waals surface area contributed by atoms with Gasteiger partial charge in [0.05, 0.1) is 20.8 Å². The Morgan fingerprint density at radius 2 is 2.03 bits per heavy atom. The molecule has 0 saturated carbocycles. The number of para-hydroxylation sites is 1. The van der Waals surface area contributed by atoms with Gasteiger partial charge in [0, 0.05) is 19.0 Å². The molecule has 2 aromatic carbocycles. The van der Waals surface area contributed by atoms with Crippen LogP contribution in [0.15, 0.2) is 42.5 Å². The number of nitrogens with zero attached hydrogens (tertiary/aromatic N) is 2. The highest BCUT2D eigenvalue weighted by Crippen LogP contribution is 2.33. The van der Waals surface area contributed by atoms with Gasteiger partial charge in [-0.25, -0.2) is 9.78 Å². The molecule has 6 heteroatoms. The second-order valence-electron chi connectivity index (χ2n) is 7.59. The molecule has 1 saturated heterocycles. The summed E-state index contributed by atoms with van der Waals surface area (Å²) in [6.07, 6.45) is 1.95. The van der Waals surface area contributed by atoms with Gasteiger partial charge in [-0.05, 0) is 50.5 Å². The number of rotatable bonds is 4. The highest BCUT2D eigenvalue weighted by Gasteiger charge is 2.27. The second kappa shape index (κ2) is 8.33. The number of amides is 1. The van der Waals surface area contributed by atoms with Crippen molar-refractivity contribution in [2.24, 2.45) is 0 Å². The van der Waals surface area contributed by atoms with Crippen LogP contribution < -0.4 is 0 Å². The first kappa shape index (κ1) is 19.6. The van der Waals surface area contributed by atoms with E-state index in [-0.39, 0.29) is 18.4 Å². The Bertz CT molecular complexity index is 1030. The van der Waals surface area contributed by atoms with Crippen molar-refractivity contribution in [3.05, 3.63) is 64.2 Å². The van der Waals surface area contributed by atoms with Crippen molar-refractivity contribution < 1.29 is 14.3 Å². The molecule has 2 heterocycles. The van der Waals surface area contributed by atoms with Crippen LogP contribution in [0.1, 0.15) is 45.3 Å². The zero-order valence-electron chi connectivity index (χ0n) is 16.7. The van der Waals surface area contributed by atoms with Crippen LogP contribution in [0.25, 0.3) is 10.2 Å². The predicted molar refractivity (Wildman–Crippen MR) is 114 cm³/mol. The molecule has 29 heavy (non-hydrogen) atoms. The summed E-state index contributed by atoms with van der Waals surface area (Å²) in [6, 6.07) is 13.8. The molecule has 0 bridgehead atoms. The van der Waals surface area contributed by atoms with Crippen LogP contribution in [0.4, 0.5) is 0 Å². The standard InChI is InChI=1S/C23H24N2O3S/c1-15-9-10-16(2)18(12-15)23(27)28-14-21(26)25-11-5-6-17(13-25)22-24-19-7-3-4-8-20(19)29-22/h3-4,7-10,12,17H,5-6,11,13-14H2,1-2H3/t17-/m1/s1. The van der Waals surface area contributed by atoms with Crippen LogP contribution in [-0.4, -0.2) is 41.5 Å². The molecule has 4 rings (SSSR count). The molecule has 0 aliphatic carbocycles. The van der Waals surface area contributed by atoms with Crippen LogP contribution in [0.2, 0.25) is 0 Å². The average molecular weight is 409 g/mol. The summed E-state index contributed by atoms with van der Waals surface area (Å²) in [7, 11) is 0. The SMILES string of the molecule is Cc1ccc(C)c(C(=O)OCC(=O)N2CCC[C@@H](c3nc4ccccc4s3)C2)c1. The number of carbonyl (C=O) groups excluding carboxylic acids is 2. The monoisotopic (exact) mass is 408 g/mol. The molecule has 5 nitrogen and oxygen atoms in total. The molecule has 1 atom stereocenters. The zero-order valence-corrected chi connectivity index (χ0v) is 17.5. The normalized spacial score (nSPS) is 16.8. The number of hydrogen-bond acceptors (Lipinski definition) is 5. The number of fused-ring (bicyclic) bond motifs is 1. The van der Waals surface area contributed by atoms with Gasteiger partial charge in [0.1, 0.15) is 0 Å². The topological polar surface area (TPSA) is 59.5 Å². The molecule has 1 aromatic heterocycles. The maximum atomic E-state index is 12.7. The number of ether oxygens (including phenoxy) is 1. The Morgan fingerprint density at radius 1 is 1.21 bits per heavy atom. The lowest BCUT2D eigenvalue weighted by Crippen LogP contribution is -2.41. The van der Waals surface area contributed by atoms with E-state index in [1.165, 1.54) is 4.70 Å². The Balaban J connectivity index is 1.38. The van der Waals surface area contributed by atoms with Crippen LogP contribution in [-0.2, 0) is 9.53 Å². The van der Waals surface area contributed by atoms with Gasteiger partial charge in [0.2, 0.25) is 0 Å². The summed E-state index contributed by atoms with van der Waals surface area (Å²) in [6.45, 7) is 4.89. The third-order valence-corrected chi connectivity index (χ3v) is 6.57. The molecule has 150 valence electrons. The first-order valence-corrected chi connectivity index (χ1v) is 10.7. The van der Waals surface area contributed by atoms with Crippen molar-refractivity contribution in [3.8, 4) is 0 Å². The average Bonchev–Trinajstić information content (AvgIpc) is 3.18. The van der Waals surface area contributed by atoms with Gasteiger partial charge in [0.15, 0.2) is 6.61 Å². The van der Waals surface area contributed by atoms with Crippen molar-refractivity contribution in [1.82, 2.24) is 9.88 Å². The number of esters is 1. The third-order valence-electron chi connectivity index (χ3n) is 5.37. The van der Waals surface area contributed by atoms with E-state index in [2.05, 4.69) is 6.07 Å². The van der Waals surface area contributed by atoms with Gasteiger partial charge < -0.3 is 9.64 Å². The van der Waals surface area contributed by atoms with Crippen molar-refractivity contribution in [3.63, 3.8) is 0 Å². The van der Waals surface area contributed by atoms with Crippen LogP contribution in [0, 0.1) is 13.8 Å². The summed E-state index contributed by atoms with van der Waals surface area (Å²) in [5, 5.41) is 1.08. The fourth-order valence-corrected chi connectivity index (χ4v) is 4.82. The second-order valence-corrected chi connectivity index (χ2v) is 8.66. The van der Waals surface area contributed by atoms with Crippen molar-refractivity contribution in [2.75, 3.05) is 19.7 Å². The van der Waals surface area contributed by atoms with Crippen molar-refractivity contribution in [2.45, 2.75) is 32.6 Å². The fourth-order valence-electron chi connectivity index (χ4n) is 3.72. The minimum absolute atomic E-state index is 0.144. The van der Waals surface area contributed by atoms with Gasteiger partial charge >= 0.3 is 5.97 Å². The molecule has 0 N–H and O–H groups in total. The number of carbonyl (C=O) groups is 2. The molecule has 1 fully saturated rings. The first-order chi connectivity index (χ1) is 14.0. The van der Waals surface area contributed by atoms with Crippen molar-refractivity contribution in [1.29, 1.82) is 0 Å². The number of thiazole rings is 1. The molecule has 0 spiro atoms. The van der Waals surface area contributed by atoms with Crippen LogP contribution >= 0.6 is 11.3 Å². The number of likely N-dealkylation sites (tertiary alicyclic amines) is 1. The number of piperidine rings is 1. The van der Waals surface area contributed by atoms with Gasteiger partial charge in [-0.1, -0.05) is 29.8 Å². The number of aromatic nitrogens is 1. The Kier molecular flexibility index (Phi) is 5.62. The maximum absolute atomic E-state index is 12.7. The van der Waals surface area contributed by atoms with E-state index < -0.39 is 5.97 Å². The lowest BCUT2D eigenvalue weighted by Gasteiger charge is -2.31. The minimum Gasteiger partial charge on any atom is -0.452 e. The summed E-state index contributed by atoms with van der Waals surface area (Å²) >= 11 is 1.70. The summed E-state index contributed by atoms with van der Waals surface area (Å²) in [5.74, 6) is -0.353. The number of benzene rings is 2. The number of aryl methyl sites for hydroxylation is 2. The molecular weight excluding hydrogens is 384 g/mol. The molecule has 0 unspecified atom stereocenters. The molecule has 1 amide bonds. The summed E-state index contributed by atoms with van der Waals surface area (Å²) in [5.41, 5.74) is 3.37. The molecule has 3 aromatic rings. The van der Waals surface area contributed by atoms with E-state index >= 15 is 0 Å². The quantitative estimate of drug-likeness (QED) is 0.598. The van der Waals surface area contributed by atoms with E-state index in [1.807, 2.05) is 44.2 Å².